The molecule has 1 fully saturated rings. The molecule has 3 aromatic carbocycles. The van der Waals surface area contributed by atoms with Crippen molar-refractivity contribution in [2.24, 2.45) is 0 Å². The predicted octanol–water partition coefficient (Wildman–Crippen LogP) is 5.29. The number of thiazole rings is 1. The van der Waals surface area contributed by atoms with Gasteiger partial charge in [0.25, 0.3) is 11.5 Å². The molecule has 0 spiro atoms. The van der Waals surface area contributed by atoms with Gasteiger partial charge in [0.2, 0.25) is 0 Å². The third-order valence-electron chi connectivity index (χ3n) is 6.58. The number of ketones is 1. The zero-order valence-corrected chi connectivity index (χ0v) is 20.6. The number of halogens is 1. The number of anilines is 1. The summed E-state index contributed by atoms with van der Waals surface area (Å²) >= 11 is 1.02. The van der Waals surface area contributed by atoms with E-state index < -0.39 is 28.5 Å². The molecular formula is C27H18FN3O6S. The summed E-state index contributed by atoms with van der Waals surface area (Å²) in [6.45, 7) is 1.92. The van der Waals surface area contributed by atoms with Gasteiger partial charge in [0, 0.05) is 24.1 Å². The van der Waals surface area contributed by atoms with Gasteiger partial charge in [-0.3, -0.25) is 24.6 Å². The number of carbonyl (C=O) groups excluding carboxylic acids is 2. The van der Waals surface area contributed by atoms with Crippen molar-refractivity contribution in [2.45, 2.75) is 25.5 Å². The number of amides is 1. The Kier molecular flexibility index (Phi) is 5.46. The first-order valence-corrected chi connectivity index (χ1v) is 12.4. The average Bonchev–Trinajstić information content (AvgIpc) is 3.55. The van der Waals surface area contributed by atoms with Crippen LogP contribution in [0.4, 0.5) is 15.2 Å². The summed E-state index contributed by atoms with van der Waals surface area (Å²) in [6, 6.07) is 13.3. The molecule has 0 unspecified atom stereocenters. The van der Waals surface area contributed by atoms with Crippen molar-refractivity contribution in [3.8, 4) is 5.75 Å². The van der Waals surface area contributed by atoms with Crippen LogP contribution in [0.15, 0.2) is 66.2 Å². The van der Waals surface area contributed by atoms with Crippen molar-refractivity contribution in [3.63, 3.8) is 0 Å². The molecular weight excluding hydrogens is 513 g/mol. The number of aromatic nitrogens is 1. The van der Waals surface area contributed by atoms with Crippen LogP contribution in [0.2, 0.25) is 0 Å². The summed E-state index contributed by atoms with van der Waals surface area (Å²) in [5, 5.41) is 22.7. The summed E-state index contributed by atoms with van der Waals surface area (Å²) in [5.41, 5.74) is 1.63. The first-order valence-electron chi connectivity index (χ1n) is 11.6. The number of rotatable bonds is 4. The van der Waals surface area contributed by atoms with Gasteiger partial charge < -0.3 is 9.84 Å². The highest BCUT2D eigenvalue weighted by Gasteiger charge is 2.48. The number of nitro benzene ring substituents is 1. The van der Waals surface area contributed by atoms with Gasteiger partial charge in [-0.2, -0.15) is 0 Å². The molecule has 0 bridgehead atoms. The number of hydrogen-bond donors (Lipinski definition) is 1. The van der Waals surface area contributed by atoms with Crippen LogP contribution in [-0.2, 0) is 16.0 Å². The summed E-state index contributed by atoms with van der Waals surface area (Å²) in [4.78, 5) is 43.0. The molecule has 9 nitrogen and oxygen atoms in total. The van der Waals surface area contributed by atoms with Crippen molar-refractivity contribution >= 4 is 49.8 Å². The van der Waals surface area contributed by atoms with Gasteiger partial charge in [-0.05, 0) is 66.6 Å². The molecule has 6 rings (SSSR count). The highest BCUT2D eigenvalue weighted by atomic mass is 32.1. The normalized spacial score (nSPS) is 20.1. The molecule has 38 heavy (non-hydrogen) atoms. The highest BCUT2D eigenvalue weighted by molar-refractivity contribution is 7.22. The molecule has 190 valence electrons. The molecule has 3 heterocycles. The van der Waals surface area contributed by atoms with Crippen LogP contribution in [0.25, 0.3) is 16.0 Å². The SMILES string of the molecule is C[C@H]1Cc2cc(C(O)=C3C(=O)C(=O)N(c4nc5ccc(F)cc5s4)[C@@H]3c3ccc([N+](=O)[O-])cc3)ccc2O1. The Morgan fingerprint density at radius 3 is 2.66 bits per heavy atom. The number of Topliss-reactive ketones (excluding diaryl/α,β-unsaturated/α-hetero) is 1. The van der Waals surface area contributed by atoms with E-state index in [2.05, 4.69) is 4.98 Å². The average molecular weight is 532 g/mol. The van der Waals surface area contributed by atoms with Crippen LogP contribution in [0.3, 0.4) is 0 Å². The number of aliphatic hydroxyl groups excluding tert-OH is 1. The third-order valence-corrected chi connectivity index (χ3v) is 7.60. The number of hydrogen-bond acceptors (Lipinski definition) is 8. The third kappa shape index (κ3) is 3.79. The molecule has 1 amide bonds. The number of ether oxygens (including phenoxy) is 1. The number of fused-ring (bicyclic) bond motifs is 2. The summed E-state index contributed by atoms with van der Waals surface area (Å²) < 4.78 is 20.0. The zero-order valence-electron chi connectivity index (χ0n) is 19.8. The van der Waals surface area contributed by atoms with Gasteiger partial charge in [-0.25, -0.2) is 9.37 Å². The first kappa shape index (κ1) is 23.7. The van der Waals surface area contributed by atoms with Crippen LogP contribution < -0.4 is 9.64 Å². The lowest BCUT2D eigenvalue weighted by molar-refractivity contribution is -0.384. The quantitative estimate of drug-likeness (QED) is 0.125. The minimum atomic E-state index is -1.12. The number of nitro groups is 1. The Morgan fingerprint density at radius 1 is 1.16 bits per heavy atom. The number of benzene rings is 3. The fraction of sp³-hybridized carbons (Fsp3) is 0.148. The lowest BCUT2D eigenvalue weighted by Gasteiger charge is -2.23. The predicted molar refractivity (Wildman–Crippen MR) is 138 cm³/mol. The molecule has 0 saturated carbocycles. The Morgan fingerprint density at radius 2 is 1.92 bits per heavy atom. The molecule has 2 atom stereocenters. The van der Waals surface area contributed by atoms with Crippen LogP contribution in [0, 0.1) is 15.9 Å². The minimum absolute atomic E-state index is 0.0306. The van der Waals surface area contributed by atoms with Crippen molar-refractivity contribution < 1.29 is 28.7 Å². The van der Waals surface area contributed by atoms with Gasteiger partial charge >= 0.3 is 5.91 Å². The molecule has 2 aliphatic heterocycles. The fourth-order valence-corrected chi connectivity index (χ4v) is 5.85. The summed E-state index contributed by atoms with van der Waals surface area (Å²) in [6.07, 6.45) is 0.593. The van der Waals surface area contributed by atoms with E-state index >= 15 is 0 Å². The van der Waals surface area contributed by atoms with E-state index in [9.17, 15) is 29.2 Å². The van der Waals surface area contributed by atoms with Crippen molar-refractivity contribution in [2.75, 3.05) is 4.90 Å². The number of non-ortho nitro benzene ring substituents is 1. The van der Waals surface area contributed by atoms with E-state index in [1.165, 1.54) is 42.5 Å². The van der Waals surface area contributed by atoms with E-state index in [0.29, 0.717) is 33.5 Å². The molecule has 11 heteroatoms. The Bertz CT molecular complexity index is 1700. The number of carbonyl (C=O) groups is 2. The molecule has 2 aliphatic rings. The second kappa shape index (κ2) is 8.73. The van der Waals surface area contributed by atoms with Crippen LogP contribution in [0.1, 0.15) is 29.7 Å². The monoisotopic (exact) mass is 531 g/mol. The molecule has 4 aromatic rings. The standard InChI is InChI=1S/C27H18FN3O6S/c1-13-10-16-11-15(4-9-20(16)37-13)24(32)22-23(14-2-6-18(7-3-14)31(35)36)30(26(34)25(22)33)27-29-19-8-5-17(28)12-21(19)38-27/h2-9,11-13,23,32H,10H2,1H3/t13-,23+/m0/s1. The second-order valence-corrected chi connectivity index (χ2v) is 10.1. The largest absolute Gasteiger partial charge is 0.507 e. The van der Waals surface area contributed by atoms with Crippen LogP contribution in [-0.4, -0.2) is 32.8 Å². The topological polar surface area (TPSA) is 123 Å². The van der Waals surface area contributed by atoms with E-state index in [0.717, 1.165) is 21.8 Å². The Balaban J connectivity index is 1.53. The second-order valence-electron chi connectivity index (χ2n) is 9.08. The van der Waals surface area contributed by atoms with Crippen LogP contribution >= 0.6 is 11.3 Å². The number of nitrogens with zero attached hydrogens (tertiary/aromatic N) is 3. The van der Waals surface area contributed by atoms with Crippen molar-refractivity contribution in [3.05, 3.63) is 98.9 Å². The fourth-order valence-electron chi connectivity index (χ4n) is 4.84. The molecule has 1 N–H and O–H groups in total. The van der Waals surface area contributed by atoms with Crippen molar-refractivity contribution in [1.29, 1.82) is 0 Å². The van der Waals surface area contributed by atoms with Crippen molar-refractivity contribution in [1.82, 2.24) is 4.98 Å². The van der Waals surface area contributed by atoms with Crippen LogP contribution in [0.5, 0.6) is 5.75 Å². The lowest BCUT2D eigenvalue weighted by atomic mass is 9.94. The number of aliphatic hydroxyl groups is 1. The maximum Gasteiger partial charge on any atom is 0.301 e. The highest BCUT2D eigenvalue weighted by Crippen LogP contribution is 2.45. The maximum absolute atomic E-state index is 13.8. The zero-order chi connectivity index (χ0) is 26.7. The Labute approximate surface area is 218 Å². The minimum Gasteiger partial charge on any atom is -0.507 e. The smallest absolute Gasteiger partial charge is 0.301 e. The van der Waals surface area contributed by atoms with Gasteiger partial charge in [-0.15, -0.1) is 0 Å². The van der Waals surface area contributed by atoms with E-state index in [1.807, 2.05) is 6.92 Å². The van der Waals surface area contributed by atoms with E-state index in [1.54, 1.807) is 18.2 Å². The lowest BCUT2D eigenvalue weighted by Crippen LogP contribution is -2.29. The van der Waals surface area contributed by atoms with E-state index in [4.69, 9.17) is 4.74 Å². The summed E-state index contributed by atoms with van der Waals surface area (Å²) in [5.74, 6) is -2.03. The molecule has 0 radical (unpaired) electrons. The first-order chi connectivity index (χ1) is 18.2. The van der Waals surface area contributed by atoms with Gasteiger partial charge in [0.05, 0.1) is 26.8 Å². The van der Waals surface area contributed by atoms with Gasteiger partial charge in [-0.1, -0.05) is 11.3 Å². The molecule has 0 aliphatic carbocycles. The molecule has 1 aromatic heterocycles. The summed E-state index contributed by atoms with van der Waals surface area (Å²) in [7, 11) is 0. The Hall–Kier alpha value is -4.64. The van der Waals surface area contributed by atoms with Gasteiger partial charge in [0.1, 0.15) is 23.4 Å². The molecule has 1 saturated heterocycles. The maximum atomic E-state index is 13.8. The van der Waals surface area contributed by atoms with Gasteiger partial charge in [0.15, 0.2) is 5.13 Å². The van der Waals surface area contributed by atoms with E-state index in [-0.39, 0.29) is 28.3 Å².